The van der Waals surface area contributed by atoms with Crippen LogP contribution in [0.5, 0.6) is 5.75 Å². The standard InChI is InChI=1S/C23H26N4O4/c1-14(2)11-21(28)26-19-10-9-16(12-20(19)31-4)25-22(29)15(3)27-13-24-18-8-6-5-7-17(18)23(27)30/h5-10,12-15H,11H2,1-4H3,(H,25,29)(H,26,28)/t15-/m1/s1. The number of anilines is 2. The summed E-state index contributed by atoms with van der Waals surface area (Å²) >= 11 is 0. The Morgan fingerprint density at radius 2 is 1.84 bits per heavy atom. The molecule has 162 valence electrons. The molecule has 0 fully saturated rings. The Labute approximate surface area is 180 Å². The summed E-state index contributed by atoms with van der Waals surface area (Å²) in [5.74, 6) is 0.172. The van der Waals surface area contributed by atoms with E-state index >= 15 is 0 Å². The lowest BCUT2D eigenvalue weighted by molar-refractivity contribution is -0.119. The van der Waals surface area contributed by atoms with Crippen molar-refractivity contribution in [3.63, 3.8) is 0 Å². The van der Waals surface area contributed by atoms with Gasteiger partial charge in [-0.1, -0.05) is 26.0 Å². The summed E-state index contributed by atoms with van der Waals surface area (Å²) < 4.78 is 6.66. The second-order valence-electron chi connectivity index (χ2n) is 7.70. The normalized spacial score (nSPS) is 11.9. The SMILES string of the molecule is COc1cc(NC(=O)[C@@H](C)n2cnc3ccccc3c2=O)ccc1NC(=O)CC(C)C. The fraction of sp³-hybridized carbons (Fsp3) is 0.304. The van der Waals surface area contributed by atoms with E-state index in [9.17, 15) is 14.4 Å². The largest absolute Gasteiger partial charge is 0.494 e. The molecule has 0 saturated carbocycles. The van der Waals surface area contributed by atoms with E-state index in [4.69, 9.17) is 4.74 Å². The highest BCUT2D eigenvalue weighted by atomic mass is 16.5. The van der Waals surface area contributed by atoms with E-state index in [0.717, 1.165) is 0 Å². The molecule has 2 amide bonds. The molecular weight excluding hydrogens is 396 g/mol. The van der Waals surface area contributed by atoms with Gasteiger partial charge in [-0.3, -0.25) is 19.0 Å². The number of rotatable bonds is 7. The van der Waals surface area contributed by atoms with Crippen LogP contribution in [0.4, 0.5) is 11.4 Å². The molecule has 0 aliphatic carbocycles. The molecular formula is C23H26N4O4. The van der Waals surface area contributed by atoms with Crippen molar-refractivity contribution in [3.05, 3.63) is 59.1 Å². The highest BCUT2D eigenvalue weighted by Crippen LogP contribution is 2.28. The summed E-state index contributed by atoms with van der Waals surface area (Å²) in [5, 5.41) is 6.05. The van der Waals surface area contributed by atoms with E-state index in [1.807, 2.05) is 13.8 Å². The maximum Gasteiger partial charge on any atom is 0.261 e. The minimum absolute atomic E-state index is 0.109. The molecule has 0 spiro atoms. The smallest absolute Gasteiger partial charge is 0.261 e. The lowest BCUT2D eigenvalue weighted by atomic mass is 10.1. The number of carbonyl (C=O) groups is 2. The number of carbonyl (C=O) groups excluding carboxylic acids is 2. The maximum atomic E-state index is 12.8. The predicted molar refractivity (Wildman–Crippen MR) is 120 cm³/mol. The van der Waals surface area contributed by atoms with Gasteiger partial charge < -0.3 is 15.4 Å². The molecule has 0 aliphatic heterocycles. The topological polar surface area (TPSA) is 102 Å². The number of para-hydroxylation sites is 1. The van der Waals surface area contributed by atoms with Gasteiger partial charge in [-0.15, -0.1) is 0 Å². The summed E-state index contributed by atoms with van der Waals surface area (Å²) in [7, 11) is 1.49. The second kappa shape index (κ2) is 9.42. The Hall–Kier alpha value is -3.68. The molecule has 0 aliphatic rings. The molecule has 1 atom stereocenters. The highest BCUT2D eigenvalue weighted by Gasteiger charge is 2.19. The third-order valence-corrected chi connectivity index (χ3v) is 4.82. The number of ether oxygens (including phenoxy) is 1. The Bertz CT molecular complexity index is 1170. The van der Waals surface area contributed by atoms with Gasteiger partial charge in [0, 0.05) is 18.2 Å². The van der Waals surface area contributed by atoms with Crippen molar-refractivity contribution in [1.29, 1.82) is 0 Å². The Morgan fingerprint density at radius 1 is 1.10 bits per heavy atom. The summed E-state index contributed by atoms with van der Waals surface area (Å²) in [6.07, 6.45) is 1.77. The third kappa shape index (κ3) is 5.09. The van der Waals surface area contributed by atoms with Gasteiger partial charge >= 0.3 is 0 Å². The summed E-state index contributed by atoms with van der Waals surface area (Å²) in [6.45, 7) is 5.56. The average molecular weight is 422 g/mol. The number of benzene rings is 2. The maximum absolute atomic E-state index is 12.8. The molecule has 2 aromatic carbocycles. The molecule has 1 heterocycles. The van der Waals surface area contributed by atoms with E-state index < -0.39 is 6.04 Å². The summed E-state index contributed by atoms with van der Waals surface area (Å²) in [5.41, 5.74) is 1.30. The van der Waals surface area contributed by atoms with Crippen molar-refractivity contribution in [2.75, 3.05) is 17.7 Å². The molecule has 8 nitrogen and oxygen atoms in total. The van der Waals surface area contributed by atoms with Crippen LogP contribution in [0.25, 0.3) is 10.9 Å². The first-order chi connectivity index (χ1) is 14.8. The minimum atomic E-state index is -0.777. The van der Waals surface area contributed by atoms with Gasteiger partial charge in [-0.25, -0.2) is 4.98 Å². The average Bonchev–Trinajstić information content (AvgIpc) is 2.74. The number of amides is 2. The molecule has 0 saturated heterocycles. The monoisotopic (exact) mass is 422 g/mol. The van der Waals surface area contributed by atoms with Crippen LogP contribution in [0.1, 0.15) is 33.2 Å². The van der Waals surface area contributed by atoms with E-state index in [1.54, 1.807) is 49.4 Å². The Kier molecular flexibility index (Phi) is 6.69. The number of methoxy groups -OCH3 is 1. The lowest BCUT2D eigenvalue weighted by Crippen LogP contribution is -2.31. The van der Waals surface area contributed by atoms with E-state index in [-0.39, 0.29) is 23.3 Å². The predicted octanol–water partition coefficient (Wildman–Crippen LogP) is 3.59. The van der Waals surface area contributed by atoms with Crippen molar-refractivity contribution in [1.82, 2.24) is 9.55 Å². The van der Waals surface area contributed by atoms with Crippen LogP contribution in [0.2, 0.25) is 0 Å². The Morgan fingerprint density at radius 3 is 2.55 bits per heavy atom. The van der Waals surface area contributed by atoms with Gasteiger partial charge in [-0.05, 0) is 37.1 Å². The fourth-order valence-corrected chi connectivity index (χ4v) is 3.18. The molecule has 8 heteroatoms. The molecule has 3 rings (SSSR count). The van der Waals surface area contributed by atoms with Crippen LogP contribution in [0.15, 0.2) is 53.6 Å². The van der Waals surface area contributed by atoms with Gasteiger partial charge in [0.1, 0.15) is 11.8 Å². The molecule has 0 bridgehead atoms. The zero-order valence-corrected chi connectivity index (χ0v) is 18.0. The van der Waals surface area contributed by atoms with Gasteiger partial charge in [0.25, 0.3) is 5.56 Å². The molecule has 3 aromatic rings. The van der Waals surface area contributed by atoms with E-state index in [0.29, 0.717) is 34.4 Å². The first kappa shape index (κ1) is 22.0. The van der Waals surface area contributed by atoms with Crippen molar-refractivity contribution < 1.29 is 14.3 Å². The highest BCUT2D eigenvalue weighted by molar-refractivity contribution is 5.96. The number of fused-ring (bicyclic) bond motifs is 1. The van der Waals surface area contributed by atoms with E-state index in [2.05, 4.69) is 15.6 Å². The van der Waals surface area contributed by atoms with Gasteiger partial charge in [0.05, 0.1) is 30.0 Å². The van der Waals surface area contributed by atoms with Crippen molar-refractivity contribution in [3.8, 4) is 5.75 Å². The zero-order valence-electron chi connectivity index (χ0n) is 18.0. The van der Waals surface area contributed by atoms with Crippen molar-refractivity contribution in [2.45, 2.75) is 33.2 Å². The number of nitrogens with zero attached hydrogens (tertiary/aromatic N) is 2. The van der Waals surface area contributed by atoms with Crippen LogP contribution in [0, 0.1) is 5.92 Å². The quantitative estimate of drug-likeness (QED) is 0.606. The summed E-state index contributed by atoms with van der Waals surface area (Å²) in [4.78, 5) is 41.8. The molecule has 0 radical (unpaired) electrons. The minimum Gasteiger partial charge on any atom is -0.494 e. The zero-order chi connectivity index (χ0) is 22.5. The fourth-order valence-electron chi connectivity index (χ4n) is 3.18. The summed E-state index contributed by atoms with van der Waals surface area (Å²) in [6, 6.07) is 11.2. The third-order valence-electron chi connectivity index (χ3n) is 4.82. The lowest BCUT2D eigenvalue weighted by Gasteiger charge is -2.17. The molecule has 31 heavy (non-hydrogen) atoms. The van der Waals surface area contributed by atoms with E-state index in [1.165, 1.54) is 18.0 Å². The molecule has 0 unspecified atom stereocenters. The number of aromatic nitrogens is 2. The first-order valence-corrected chi connectivity index (χ1v) is 10.0. The van der Waals surface area contributed by atoms with Gasteiger partial charge in [-0.2, -0.15) is 0 Å². The van der Waals surface area contributed by atoms with Gasteiger partial charge in [0.2, 0.25) is 11.8 Å². The van der Waals surface area contributed by atoms with Crippen LogP contribution < -0.4 is 20.9 Å². The number of hydrogen-bond donors (Lipinski definition) is 2. The van der Waals surface area contributed by atoms with Crippen molar-refractivity contribution >= 4 is 34.1 Å². The number of nitrogens with one attached hydrogen (secondary N) is 2. The van der Waals surface area contributed by atoms with Crippen LogP contribution in [-0.2, 0) is 9.59 Å². The number of hydrogen-bond acceptors (Lipinski definition) is 5. The molecule has 1 aromatic heterocycles. The van der Waals surface area contributed by atoms with Gasteiger partial charge in [0.15, 0.2) is 0 Å². The second-order valence-corrected chi connectivity index (χ2v) is 7.70. The van der Waals surface area contributed by atoms with Crippen LogP contribution in [0.3, 0.4) is 0 Å². The van der Waals surface area contributed by atoms with Crippen LogP contribution >= 0.6 is 0 Å². The first-order valence-electron chi connectivity index (χ1n) is 10.0. The van der Waals surface area contributed by atoms with Crippen LogP contribution in [-0.4, -0.2) is 28.5 Å². The molecule has 2 N–H and O–H groups in total. The van der Waals surface area contributed by atoms with Crippen molar-refractivity contribution in [2.24, 2.45) is 5.92 Å². The Balaban J connectivity index is 1.77.